The summed E-state index contributed by atoms with van der Waals surface area (Å²) in [7, 11) is 1.58. The van der Waals surface area contributed by atoms with Gasteiger partial charge >= 0.3 is 0 Å². The Bertz CT molecular complexity index is 1100. The molecule has 0 aliphatic heterocycles. The maximum absolute atomic E-state index is 14.5. The van der Waals surface area contributed by atoms with Crippen molar-refractivity contribution in [2.75, 3.05) is 7.11 Å². The van der Waals surface area contributed by atoms with Gasteiger partial charge in [0.05, 0.1) is 31.0 Å². The van der Waals surface area contributed by atoms with E-state index >= 15 is 0 Å². The monoisotopic (exact) mass is 400 g/mol. The predicted molar refractivity (Wildman–Crippen MR) is 122 cm³/mol. The number of nitrogens with zero attached hydrogens (tertiary/aromatic N) is 2. The first-order valence-corrected chi connectivity index (χ1v) is 9.96. The highest BCUT2D eigenvalue weighted by Crippen LogP contribution is 2.30. The van der Waals surface area contributed by atoms with Crippen LogP contribution in [-0.4, -0.2) is 16.9 Å². The summed E-state index contributed by atoms with van der Waals surface area (Å²) >= 11 is 0. The van der Waals surface area contributed by atoms with E-state index in [9.17, 15) is 4.39 Å². The lowest BCUT2D eigenvalue weighted by Crippen LogP contribution is -2.00. The third-order valence-electron chi connectivity index (χ3n) is 4.53. The van der Waals surface area contributed by atoms with Gasteiger partial charge in [-0.15, -0.1) is 0 Å². The van der Waals surface area contributed by atoms with Crippen LogP contribution in [0.1, 0.15) is 19.4 Å². The van der Waals surface area contributed by atoms with E-state index in [2.05, 4.69) is 17.2 Å². The third kappa shape index (κ3) is 4.49. The number of hydrogen-bond donors (Lipinski definition) is 0. The van der Waals surface area contributed by atoms with Crippen molar-refractivity contribution in [1.82, 2.24) is 9.78 Å². The number of rotatable bonds is 5. The number of aromatic nitrogens is 2. The molecule has 0 spiro atoms. The quantitative estimate of drug-likeness (QED) is 0.338. The van der Waals surface area contributed by atoms with E-state index < -0.39 is 0 Å². The minimum Gasteiger partial charge on any atom is -0.504 e. The second kappa shape index (κ2) is 10.2. The van der Waals surface area contributed by atoms with Crippen LogP contribution in [0.3, 0.4) is 0 Å². The average Bonchev–Trinajstić information content (AvgIpc) is 3.23. The first-order chi connectivity index (χ1) is 14.8. The molecule has 0 aliphatic carbocycles. The highest BCUT2D eigenvalue weighted by molar-refractivity contribution is 5.74. The summed E-state index contributed by atoms with van der Waals surface area (Å²) in [6.45, 7) is 4.00. The molecule has 0 fully saturated rings. The Hall–Kier alpha value is -3.66. The van der Waals surface area contributed by atoms with Crippen molar-refractivity contribution >= 4 is 6.08 Å². The molecule has 0 atom stereocenters. The van der Waals surface area contributed by atoms with Crippen LogP contribution in [0, 0.1) is 5.82 Å². The van der Waals surface area contributed by atoms with Crippen molar-refractivity contribution in [3.63, 3.8) is 0 Å². The van der Waals surface area contributed by atoms with Crippen molar-refractivity contribution < 1.29 is 9.13 Å². The molecular weight excluding hydrogens is 375 g/mol. The molecule has 0 saturated carbocycles. The van der Waals surface area contributed by atoms with Crippen LogP contribution >= 0.6 is 0 Å². The number of benzene rings is 3. The number of ether oxygens (including phenoxy) is 1. The summed E-state index contributed by atoms with van der Waals surface area (Å²) in [5, 5.41) is 4.50. The smallest absolute Gasteiger partial charge is 0.132 e. The molecule has 0 radical (unpaired) electrons. The normalized spacial score (nSPS) is 10.5. The fourth-order valence-electron chi connectivity index (χ4n) is 3.17. The summed E-state index contributed by atoms with van der Waals surface area (Å²) in [6.07, 6.45) is 5.05. The standard InChI is InChI=1S/C24H19FN2O.C2H6/c1-28-16-15-20-17-26-27(24(20)22-9-5-6-10-23(22)25)21-13-11-19(12-14-21)18-7-3-2-4-8-18;1-2/h2-17H,1H3;1-2H3/b16-15+;. The second-order valence-electron chi connectivity index (χ2n) is 6.29. The summed E-state index contributed by atoms with van der Waals surface area (Å²) in [6, 6.07) is 24.9. The van der Waals surface area contributed by atoms with Gasteiger partial charge < -0.3 is 4.74 Å². The predicted octanol–water partition coefficient (Wildman–Crippen LogP) is 6.99. The fourth-order valence-corrected chi connectivity index (χ4v) is 3.17. The molecule has 4 rings (SSSR count). The molecule has 1 aromatic heterocycles. The van der Waals surface area contributed by atoms with Crippen LogP contribution in [0.5, 0.6) is 0 Å². The van der Waals surface area contributed by atoms with E-state index in [1.54, 1.807) is 42.5 Å². The summed E-state index contributed by atoms with van der Waals surface area (Å²) in [5.74, 6) is -0.294. The summed E-state index contributed by atoms with van der Waals surface area (Å²) < 4.78 is 21.3. The Balaban J connectivity index is 0.00000124. The zero-order chi connectivity index (χ0) is 21.3. The highest BCUT2D eigenvalue weighted by Gasteiger charge is 2.16. The van der Waals surface area contributed by atoms with Gasteiger partial charge in [-0.05, 0) is 41.5 Å². The molecule has 0 N–H and O–H groups in total. The first-order valence-electron chi connectivity index (χ1n) is 9.96. The van der Waals surface area contributed by atoms with Crippen molar-refractivity contribution in [3.05, 3.63) is 103 Å². The number of halogens is 1. The van der Waals surface area contributed by atoms with Gasteiger partial charge in [-0.3, -0.25) is 0 Å². The van der Waals surface area contributed by atoms with Crippen molar-refractivity contribution in [3.8, 4) is 28.1 Å². The van der Waals surface area contributed by atoms with Crippen LogP contribution in [0.4, 0.5) is 4.39 Å². The largest absolute Gasteiger partial charge is 0.504 e. The summed E-state index contributed by atoms with van der Waals surface area (Å²) in [5.41, 5.74) is 5.06. The van der Waals surface area contributed by atoms with Crippen LogP contribution in [-0.2, 0) is 4.74 Å². The zero-order valence-corrected chi connectivity index (χ0v) is 17.4. The SMILES string of the molecule is CC.CO/C=C/c1cnn(-c2ccc(-c3ccccc3)cc2)c1-c1ccccc1F. The Morgan fingerprint density at radius 3 is 2.13 bits per heavy atom. The topological polar surface area (TPSA) is 27.1 Å². The van der Waals surface area contributed by atoms with Crippen molar-refractivity contribution in [1.29, 1.82) is 0 Å². The van der Waals surface area contributed by atoms with E-state index in [1.807, 2.05) is 62.4 Å². The maximum atomic E-state index is 14.5. The molecule has 30 heavy (non-hydrogen) atoms. The van der Waals surface area contributed by atoms with Crippen LogP contribution < -0.4 is 0 Å². The molecule has 152 valence electrons. The van der Waals surface area contributed by atoms with Gasteiger partial charge in [0, 0.05) is 11.1 Å². The molecule has 1 heterocycles. The van der Waals surface area contributed by atoms with Gasteiger partial charge in [0.25, 0.3) is 0 Å². The van der Waals surface area contributed by atoms with E-state index in [0.29, 0.717) is 11.3 Å². The number of hydrogen-bond acceptors (Lipinski definition) is 2. The minimum absolute atomic E-state index is 0.294. The van der Waals surface area contributed by atoms with Gasteiger partial charge in [-0.1, -0.05) is 68.4 Å². The zero-order valence-electron chi connectivity index (χ0n) is 17.4. The van der Waals surface area contributed by atoms with Gasteiger partial charge in [-0.2, -0.15) is 5.10 Å². The Labute approximate surface area is 177 Å². The molecule has 4 heteroatoms. The van der Waals surface area contributed by atoms with Crippen LogP contribution in [0.2, 0.25) is 0 Å². The van der Waals surface area contributed by atoms with Crippen molar-refractivity contribution in [2.45, 2.75) is 13.8 Å². The van der Waals surface area contributed by atoms with E-state index in [0.717, 1.165) is 22.4 Å². The fraction of sp³-hybridized carbons (Fsp3) is 0.115. The molecule has 0 amide bonds. The van der Waals surface area contributed by atoms with E-state index in [4.69, 9.17) is 4.74 Å². The molecule has 0 bridgehead atoms. The highest BCUT2D eigenvalue weighted by atomic mass is 19.1. The Kier molecular flexibility index (Phi) is 7.17. The van der Waals surface area contributed by atoms with E-state index in [-0.39, 0.29) is 5.82 Å². The average molecular weight is 400 g/mol. The van der Waals surface area contributed by atoms with Gasteiger partial charge in [0.1, 0.15) is 5.82 Å². The molecule has 3 nitrogen and oxygen atoms in total. The van der Waals surface area contributed by atoms with Gasteiger partial charge in [0.2, 0.25) is 0 Å². The maximum Gasteiger partial charge on any atom is 0.132 e. The molecule has 4 aromatic rings. The Morgan fingerprint density at radius 2 is 1.47 bits per heavy atom. The summed E-state index contributed by atoms with van der Waals surface area (Å²) in [4.78, 5) is 0. The molecule has 0 aliphatic rings. The van der Waals surface area contributed by atoms with Gasteiger partial charge in [0.15, 0.2) is 0 Å². The van der Waals surface area contributed by atoms with Crippen molar-refractivity contribution in [2.24, 2.45) is 0 Å². The van der Waals surface area contributed by atoms with E-state index in [1.165, 1.54) is 6.07 Å². The third-order valence-corrected chi connectivity index (χ3v) is 4.53. The molecule has 0 unspecified atom stereocenters. The second-order valence-corrected chi connectivity index (χ2v) is 6.29. The Morgan fingerprint density at radius 1 is 0.833 bits per heavy atom. The lowest BCUT2D eigenvalue weighted by molar-refractivity contribution is 0.341. The number of methoxy groups -OCH3 is 1. The first kappa shape index (κ1) is 21.1. The molecule has 3 aromatic carbocycles. The lowest BCUT2D eigenvalue weighted by atomic mass is 10.0. The molecular formula is C26H25FN2O. The van der Waals surface area contributed by atoms with Crippen LogP contribution in [0.15, 0.2) is 91.3 Å². The minimum atomic E-state index is -0.294. The van der Waals surface area contributed by atoms with Crippen LogP contribution in [0.25, 0.3) is 34.1 Å². The lowest BCUT2D eigenvalue weighted by Gasteiger charge is -2.11. The van der Waals surface area contributed by atoms with Gasteiger partial charge in [-0.25, -0.2) is 9.07 Å². The molecule has 0 saturated heterocycles.